The van der Waals surface area contributed by atoms with Crippen LogP contribution in [0.5, 0.6) is 5.75 Å². The van der Waals surface area contributed by atoms with E-state index in [1.165, 1.54) is 0 Å². The molecule has 0 saturated carbocycles. The molecule has 1 aromatic rings. The van der Waals surface area contributed by atoms with Crippen molar-refractivity contribution in [2.45, 2.75) is 13.8 Å². The first-order chi connectivity index (χ1) is 8.58. The second-order valence-corrected chi connectivity index (χ2v) is 4.10. The predicted octanol–water partition coefficient (Wildman–Crippen LogP) is 3.13. The van der Waals surface area contributed by atoms with Gasteiger partial charge in [-0.2, -0.15) is 0 Å². The number of urea groups is 1. The summed E-state index contributed by atoms with van der Waals surface area (Å²) in [7, 11) is 1.58. The van der Waals surface area contributed by atoms with Crippen LogP contribution in [0, 0.1) is 0 Å². The summed E-state index contributed by atoms with van der Waals surface area (Å²) in [6.07, 6.45) is 0. The molecule has 0 radical (unpaired) electrons. The molecule has 98 valence electrons. The molecule has 4 heteroatoms. The summed E-state index contributed by atoms with van der Waals surface area (Å²) in [5.41, 5.74) is 1.62. The number of amides is 2. The second-order valence-electron chi connectivity index (χ2n) is 4.10. The van der Waals surface area contributed by atoms with Gasteiger partial charge < -0.3 is 15.0 Å². The third kappa shape index (κ3) is 3.80. The zero-order valence-electron chi connectivity index (χ0n) is 11.2. The van der Waals surface area contributed by atoms with E-state index in [1.807, 2.05) is 38.1 Å². The van der Waals surface area contributed by atoms with Crippen LogP contribution in [0.25, 0.3) is 0 Å². The summed E-state index contributed by atoms with van der Waals surface area (Å²) in [5, 5.41) is 2.84. The van der Waals surface area contributed by atoms with Gasteiger partial charge in [-0.1, -0.05) is 24.3 Å². The van der Waals surface area contributed by atoms with Crippen LogP contribution in [0.3, 0.4) is 0 Å². The Hall–Kier alpha value is -1.97. The Bertz CT molecular complexity index is 430. The highest BCUT2D eigenvalue weighted by molar-refractivity contribution is 5.91. The minimum absolute atomic E-state index is 0.148. The molecule has 0 aliphatic carbocycles. The van der Waals surface area contributed by atoms with Gasteiger partial charge >= 0.3 is 6.03 Å². The van der Waals surface area contributed by atoms with E-state index >= 15 is 0 Å². The number of carbonyl (C=O) groups is 1. The second kappa shape index (κ2) is 6.69. The smallest absolute Gasteiger partial charge is 0.322 e. The van der Waals surface area contributed by atoms with E-state index < -0.39 is 0 Å². The summed E-state index contributed by atoms with van der Waals surface area (Å²) in [6, 6.07) is 7.19. The number of nitrogens with one attached hydrogen (secondary N) is 1. The van der Waals surface area contributed by atoms with Gasteiger partial charge in [-0.25, -0.2) is 4.79 Å². The third-order valence-electron chi connectivity index (χ3n) is 2.48. The van der Waals surface area contributed by atoms with E-state index in [4.69, 9.17) is 4.74 Å². The van der Waals surface area contributed by atoms with E-state index in [9.17, 15) is 4.79 Å². The van der Waals surface area contributed by atoms with Crippen molar-refractivity contribution in [1.29, 1.82) is 0 Å². The van der Waals surface area contributed by atoms with Gasteiger partial charge in [0.15, 0.2) is 0 Å². The highest BCUT2D eigenvalue weighted by Gasteiger charge is 2.13. The third-order valence-corrected chi connectivity index (χ3v) is 2.48. The fourth-order valence-electron chi connectivity index (χ4n) is 1.60. The van der Waals surface area contributed by atoms with Crippen LogP contribution in [0.2, 0.25) is 0 Å². The number of methoxy groups -OCH3 is 1. The molecule has 1 rings (SSSR count). The van der Waals surface area contributed by atoms with Crippen molar-refractivity contribution in [3.05, 3.63) is 36.4 Å². The molecule has 0 fully saturated rings. The molecular formula is C14H20N2O2. The number of para-hydroxylation sites is 2. The van der Waals surface area contributed by atoms with Crippen molar-refractivity contribution in [3.8, 4) is 5.75 Å². The summed E-state index contributed by atoms with van der Waals surface area (Å²) in [5.74, 6) is 0.650. The van der Waals surface area contributed by atoms with Crippen LogP contribution in [0.1, 0.15) is 13.8 Å². The Labute approximate surface area is 108 Å². The van der Waals surface area contributed by atoms with Gasteiger partial charge in [0.2, 0.25) is 0 Å². The molecule has 0 bridgehead atoms. The van der Waals surface area contributed by atoms with E-state index in [1.54, 1.807) is 12.0 Å². The first-order valence-corrected chi connectivity index (χ1v) is 5.91. The minimum atomic E-state index is -0.148. The van der Waals surface area contributed by atoms with Crippen LogP contribution in [0.15, 0.2) is 36.4 Å². The van der Waals surface area contributed by atoms with Gasteiger partial charge in [-0.15, -0.1) is 0 Å². The molecule has 0 aliphatic rings. The molecule has 0 heterocycles. The highest BCUT2D eigenvalue weighted by atomic mass is 16.5. The largest absolute Gasteiger partial charge is 0.495 e. The summed E-state index contributed by atoms with van der Waals surface area (Å²) in [6.45, 7) is 8.84. The SMILES string of the molecule is C=C(C)CN(CC)C(=O)Nc1ccccc1OC. The Kier molecular flexibility index (Phi) is 5.24. The van der Waals surface area contributed by atoms with Crippen molar-refractivity contribution in [3.63, 3.8) is 0 Å². The van der Waals surface area contributed by atoms with E-state index in [2.05, 4.69) is 11.9 Å². The number of rotatable bonds is 5. The Morgan fingerprint density at radius 1 is 1.44 bits per heavy atom. The first kappa shape index (κ1) is 14.1. The van der Waals surface area contributed by atoms with Gasteiger partial charge in [0.1, 0.15) is 5.75 Å². The molecule has 0 atom stereocenters. The van der Waals surface area contributed by atoms with Gasteiger partial charge in [-0.3, -0.25) is 0 Å². The molecule has 1 aromatic carbocycles. The van der Waals surface area contributed by atoms with Crippen molar-refractivity contribution in [2.24, 2.45) is 0 Å². The van der Waals surface area contributed by atoms with Crippen molar-refractivity contribution < 1.29 is 9.53 Å². The summed E-state index contributed by atoms with van der Waals surface area (Å²) in [4.78, 5) is 13.8. The lowest BCUT2D eigenvalue weighted by Crippen LogP contribution is -2.35. The number of benzene rings is 1. The molecule has 18 heavy (non-hydrogen) atoms. The number of hydrogen-bond donors (Lipinski definition) is 1. The van der Waals surface area contributed by atoms with Crippen molar-refractivity contribution in [2.75, 3.05) is 25.5 Å². The van der Waals surface area contributed by atoms with Crippen molar-refractivity contribution in [1.82, 2.24) is 4.90 Å². The number of nitrogens with zero attached hydrogens (tertiary/aromatic N) is 1. The van der Waals surface area contributed by atoms with E-state index in [0.29, 0.717) is 24.5 Å². The molecule has 0 unspecified atom stereocenters. The highest BCUT2D eigenvalue weighted by Crippen LogP contribution is 2.23. The predicted molar refractivity (Wildman–Crippen MR) is 74.1 cm³/mol. The molecule has 1 N–H and O–H groups in total. The zero-order chi connectivity index (χ0) is 13.5. The van der Waals surface area contributed by atoms with Crippen LogP contribution in [0.4, 0.5) is 10.5 Å². The topological polar surface area (TPSA) is 41.6 Å². The standard InChI is InChI=1S/C14H20N2O2/c1-5-16(10-11(2)3)14(17)15-12-8-6-7-9-13(12)18-4/h6-9H,2,5,10H2,1,3-4H3,(H,15,17). The monoisotopic (exact) mass is 248 g/mol. The van der Waals surface area contributed by atoms with Crippen molar-refractivity contribution >= 4 is 11.7 Å². The normalized spacial score (nSPS) is 9.72. The number of anilines is 1. The lowest BCUT2D eigenvalue weighted by atomic mass is 10.3. The maximum atomic E-state index is 12.1. The minimum Gasteiger partial charge on any atom is -0.495 e. The number of likely N-dealkylation sites (N-methyl/N-ethyl adjacent to an activating group) is 1. The molecule has 0 aliphatic heterocycles. The lowest BCUT2D eigenvalue weighted by Gasteiger charge is -2.22. The van der Waals surface area contributed by atoms with Crippen LogP contribution >= 0.6 is 0 Å². The summed E-state index contributed by atoms with van der Waals surface area (Å²) >= 11 is 0. The average Bonchev–Trinajstić information content (AvgIpc) is 2.36. The quantitative estimate of drug-likeness (QED) is 0.813. The Balaban J connectivity index is 2.76. The average molecular weight is 248 g/mol. The summed E-state index contributed by atoms with van der Waals surface area (Å²) < 4.78 is 5.19. The Morgan fingerprint density at radius 3 is 2.67 bits per heavy atom. The maximum Gasteiger partial charge on any atom is 0.322 e. The molecule has 2 amide bonds. The molecule has 0 spiro atoms. The fraction of sp³-hybridized carbons (Fsp3) is 0.357. The van der Waals surface area contributed by atoms with Gasteiger partial charge in [0.05, 0.1) is 12.8 Å². The molecule has 0 saturated heterocycles. The van der Waals surface area contributed by atoms with Gasteiger partial charge in [-0.05, 0) is 26.0 Å². The molecule has 0 aromatic heterocycles. The molecular weight excluding hydrogens is 228 g/mol. The number of ether oxygens (including phenoxy) is 1. The number of carbonyl (C=O) groups excluding carboxylic acids is 1. The van der Waals surface area contributed by atoms with E-state index in [0.717, 1.165) is 5.57 Å². The maximum absolute atomic E-state index is 12.1. The van der Waals surface area contributed by atoms with E-state index in [-0.39, 0.29) is 6.03 Å². The Morgan fingerprint density at radius 2 is 2.11 bits per heavy atom. The first-order valence-electron chi connectivity index (χ1n) is 5.91. The lowest BCUT2D eigenvalue weighted by molar-refractivity contribution is 0.218. The molecule has 4 nitrogen and oxygen atoms in total. The number of hydrogen-bond acceptors (Lipinski definition) is 2. The van der Waals surface area contributed by atoms with Crippen LogP contribution < -0.4 is 10.1 Å². The zero-order valence-corrected chi connectivity index (χ0v) is 11.2. The van der Waals surface area contributed by atoms with Gasteiger partial charge in [0, 0.05) is 13.1 Å². The fourth-order valence-corrected chi connectivity index (χ4v) is 1.60. The van der Waals surface area contributed by atoms with Crippen LogP contribution in [-0.4, -0.2) is 31.1 Å². The van der Waals surface area contributed by atoms with Gasteiger partial charge in [0.25, 0.3) is 0 Å². The van der Waals surface area contributed by atoms with Crippen LogP contribution in [-0.2, 0) is 0 Å².